The molecule has 0 bridgehead atoms. The van der Waals surface area contributed by atoms with Crippen molar-refractivity contribution in [1.82, 2.24) is 14.5 Å². The number of thiophene rings is 1. The summed E-state index contributed by atoms with van der Waals surface area (Å²) < 4.78 is 1.43. The number of carbonyl (C=O) groups is 2. The fraction of sp³-hybridized carbons (Fsp3) is 0.364. The van der Waals surface area contributed by atoms with Crippen LogP contribution >= 0.6 is 11.3 Å². The molecule has 164 valence electrons. The summed E-state index contributed by atoms with van der Waals surface area (Å²) in [5.41, 5.74) is 6.58. The van der Waals surface area contributed by atoms with Gasteiger partial charge in [0.1, 0.15) is 17.2 Å². The predicted molar refractivity (Wildman–Crippen MR) is 124 cm³/mol. The summed E-state index contributed by atoms with van der Waals surface area (Å²) in [6.07, 6.45) is 0. The van der Waals surface area contributed by atoms with E-state index in [4.69, 9.17) is 10.7 Å². The second-order valence-electron chi connectivity index (χ2n) is 7.30. The quantitative estimate of drug-likeness (QED) is 0.558. The van der Waals surface area contributed by atoms with Crippen LogP contribution in [-0.2, 0) is 17.9 Å². The minimum absolute atomic E-state index is 0.209. The van der Waals surface area contributed by atoms with Crippen molar-refractivity contribution in [2.45, 2.75) is 40.8 Å². The molecular formula is C22H27N5O3S. The van der Waals surface area contributed by atoms with E-state index in [1.54, 1.807) is 24.3 Å². The van der Waals surface area contributed by atoms with E-state index in [1.165, 1.54) is 15.9 Å². The number of aryl methyl sites for hydroxylation is 2. The standard InChI is InChI=1S/C22H27N5O3S/c1-5-26(6-2)11-17-25-21-19(13(3)14(4)31-21)22(30)27(17)12-18(28)24-16-10-8-7-9-15(16)20(23)29/h7-10H,5-6,11-12H2,1-4H3,(H2,23,29)(H,24,28). The Balaban J connectivity index is 2.02. The number of anilines is 1. The Kier molecular flexibility index (Phi) is 6.87. The van der Waals surface area contributed by atoms with Crippen molar-refractivity contribution in [3.63, 3.8) is 0 Å². The number of rotatable bonds is 8. The number of aromatic nitrogens is 2. The highest BCUT2D eigenvalue weighted by molar-refractivity contribution is 7.18. The normalized spacial score (nSPS) is 11.3. The third kappa shape index (κ3) is 4.67. The highest BCUT2D eigenvalue weighted by Crippen LogP contribution is 2.26. The van der Waals surface area contributed by atoms with Crippen molar-refractivity contribution in [3.05, 3.63) is 56.4 Å². The first-order chi connectivity index (χ1) is 14.8. The van der Waals surface area contributed by atoms with Crippen LogP contribution < -0.4 is 16.6 Å². The van der Waals surface area contributed by atoms with Gasteiger partial charge in [-0.05, 0) is 44.6 Å². The number of nitrogens with one attached hydrogen (secondary N) is 1. The van der Waals surface area contributed by atoms with Gasteiger partial charge in [-0.2, -0.15) is 0 Å². The molecule has 3 rings (SSSR count). The molecule has 31 heavy (non-hydrogen) atoms. The molecule has 9 heteroatoms. The lowest BCUT2D eigenvalue weighted by Crippen LogP contribution is -2.34. The Bertz CT molecular complexity index is 1190. The molecule has 1 aromatic carbocycles. The summed E-state index contributed by atoms with van der Waals surface area (Å²) in [6, 6.07) is 6.51. The van der Waals surface area contributed by atoms with Crippen molar-refractivity contribution >= 4 is 39.1 Å². The fourth-order valence-corrected chi connectivity index (χ4v) is 4.48. The molecule has 0 unspecified atom stereocenters. The summed E-state index contributed by atoms with van der Waals surface area (Å²) >= 11 is 1.49. The van der Waals surface area contributed by atoms with Crippen LogP contribution in [0.5, 0.6) is 0 Å². The van der Waals surface area contributed by atoms with Crippen LogP contribution in [0.3, 0.4) is 0 Å². The molecule has 0 spiro atoms. The molecule has 0 atom stereocenters. The van der Waals surface area contributed by atoms with Gasteiger partial charge < -0.3 is 11.1 Å². The number of hydrogen-bond acceptors (Lipinski definition) is 6. The molecule has 0 saturated carbocycles. The molecular weight excluding hydrogens is 414 g/mol. The van der Waals surface area contributed by atoms with E-state index >= 15 is 0 Å². The smallest absolute Gasteiger partial charge is 0.263 e. The van der Waals surface area contributed by atoms with Crippen molar-refractivity contribution < 1.29 is 9.59 Å². The van der Waals surface area contributed by atoms with E-state index < -0.39 is 11.8 Å². The molecule has 3 aromatic rings. The third-order valence-electron chi connectivity index (χ3n) is 5.40. The first kappa shape index (κ1) is 22.6. The molecule has 2 aromatic heterocycles. The van der Waals surface area contributed by atoms with Crippen molar-refractivity contribution in [2.75, 3.05) is 18.4 Å². The Hall–Kier alpha value is -3.04. The highest BCUT2D eigenvalue weighted by Gasteiger charge is 2.20. The first-order valence-electron chi connectivity index (χ1n) is 10.2. The number of carbonyl (C=O) groups excluding carboxylic acids is 2. The molecule has 8 nitrogen and oxygen atoms in total. The number of para-hydroxylation sites is 1. The van der Waals surface area contributed by atoms with Gasteiger partial charge >= 0.3 is 0 Å². The highest BCUT2D eigenvalue weighted by atomic mass is 32.1. The Morgan fingerprint density at radius 2 is 1.87 bits per heavy atom. The van der Waals surface area contributed by atoms with E-state index in [1.807, 2.05) is 27.7 Å². The lowest BCUT2D eigenvalue weighted by atomic mass is 10.1. The number of hydrogen-bond donors (Lipinski definition) is 2. The number of benzene rings is 1. The number of fused-ring (bicyclic) bond motifs is 1. The van der Waals surface area contributed by atoms with Gasteiger partial charge in [0.2, 0.25) is 5.91 Å². The monoisotopic (exact) mass is 441 g/mol. The maximum absolute atomic E-state index is 13.4. The van der Waals surface area contributed by atoms with Gasteiger partial charge in [-0.1, -0.05) is 26.0 Å². The maximum atomic E-state index is 13.4. The molecule has 0 aliphatic heterocycles. The van der Waals surface area contributed by atoms with Gasteiger partial charge in [0.15, 0.2) is 0 Å². The van der Waals surface area contributed by atoms with Crippen LogP contribution in [0.2, 0.25) is 0 Å². The van der Waals surface area contributed by atoms with E-state index in [0.29, 0.717) is 28.3 Å². The van der Waals surface area contributed by atoms with Gasteiger partial charge in [-0.15, -0.1) is 11.3 Å². The van der Waals surface area contributed by atoms with Crippen molar-refractivity contribution in [2.24, 2.45) is 5.73 Å². The van der Waals surface area contributed by atoms with Gasteiger partial charge in [-0.25, -0.2) is 4.98 Å². The number of nitrogens with zero attached hydrogens (tertiary/aromatic N) is 3. The Labute approximate surface area is 184 Å². The van der Waals surface area contributed by atoms with Crippen LogP contribution in [0.25, 0.3) is 10.2 Å². The van der Waals surface area contributed by atoms with Gasteiger partial charge in [0.05, 0.1) is 23.2 Å². The zero-order chi connectivity index (χ0) is 22.7. The maximum Gasteiger partial charge on any atom is 0.263 e. The topological polar surface area (TPSA) is 110 Å². The SMILES string of the molecule is CCN(CC)Cc1nc2sc(C)c(C)c2c(=O)n1CC(=O)Nc1ccccc1C(N)=O. The summed E-state index contributed by atoms with van der Waals surface area (Å²) in [7, 11) is 0. The summed E-state index contributed by atoms with van der Waals surface area (Å²) in [5.74, 6) is -0.522. The molecule has 0 saturated heterocycles. The number of nitrogens with two attached hydrogens (primary N) is 1. The average molecular weight is 442 g/mol. The zero-order valence-corrected chi connectivity index (χ0v) is 19.0. The van der Waals surface area contributed by atoms with E-state index in [-0.39, 0.29) is 17.7 Å². The zero-order valence-electron chi connectivity index (χ0n) is 18.2. The van der Waals surface area contributed by atoms with Gasteiger partial charge in [-0.3, -0.25) is 23.9 Å². The van der Waals surface area contributed by atoms with Crippen LogP contribution in [0.15, 0.2) is 29.1 Å². The lowest BCUT2D eigenvalue weighted by molar-refractivity contribution is -0.116. The summed E-state index contributed by atoms with van der Waals surface area (Å²) in [6.45, 7) is 9.78. The third-order valence-corrected chi connectivity index (χ3v) is 6.50. The molecule has 0 aliphatic rings. The largest absolute Gasteiger partial charge is 0.366 e. The predicted octanol–water partition coefficient (Wildman–Crippen LogP) is 2.65. The second-order valence-corrected chi connectivity index (χ2v) is 8.51. The van der Waals surface area contributed by atoms with Crippen LogP contribution in [0.4, 0.5) is 5.69 Å². The molecule has 2 heterocycles. The average Bonchev–Trinajstić information content (AvgIpc) is 3.02. The number of amides is 2. The Morgan fingerprint density at radius 1 is 1.19 bits per heavy atom. The van der Waals surface area contributed by atoms with E-state index in [0.717, 1.165) is 23.5 Å². The lowest BCUT2D eigenvalue weighted by Gasteiger charge is -2.20. The minimum Gasteiger partial charge on any atom is -0.366 e. The summed E-state index contributed by atoms with van der Waals surface area (Å²) in [4.78, 5) is 46.5. The molecule has 0 radical (unpaired) electrons. The Morgan fingerprint density at radius 3 is 2.52 bits per heavy atom. The van der Waals surface area contributed by atoms with Crippen LogP contribution in [-0.4, -0.2) is 39.4 Å². The molecule has 0 fully saturated rings. The van der Waals surface area contributed by atoms with Crippen molar-refractivity contribution in [3.8, 4) is 0 Å². The van der Waals surface area contributed by atoms with E-state index in [2.05, 4.69) is 10.2 Å². The second kappa shape index (κ2) is 9.40. The summed E-state index contributed by atoms with van der Waals surface area (Å²) in [5, 5.41) is 3.26. The first-order valence-corrected chi connectivity index (χ1v) is 11.0. The van der Waals surface area contributed by atoms with Crippen LogP contribution in [0, 0.1) is 13.8 Å². The van der Waals surface area contributed by atoms with Gasteiger partial charge in [0, 0.05) is 4.88 Å². The molecule has 2 amide bonds. The van der Waals surface area contributed by atoms with E-state index in [9.17, 15) is 14.4 Å². The van der Waals surface area contributed by atoms with Gasteiger partial charge in [0.25, 0.3) is 11.5 Å². The van der Waals surface area contributed by atoms with Crippen LogP contribution in [0.1, 0.15) is 40.5 Å². The molecule has 3 N–H and O–H groups in total. The minimum atomic E-state index is -0.636. The fourth-order valence-electron chi connectivity index (χ4n) is 3.44. The number of primary amides is 1. The van der Waals surface area contributed by atoms with Crippen molar-refractivity contribution in [1.29, 1.82) is 0 Å². The molecule has 0 aliphatic carbocycles.